The lowest BCUT2D eigenvalue weighted by molar-refractivity contribution is 0.000417. The van der Waals surface area contributed by atoms with Crippen LogP contribution in [0.15, 0.2) is 77.4 Å². The molecule has 2 aromatic carbocycles. The number of furan rings is 1. The molecule has 0 aliphatic carbocycles. The molecule has 0 fully saturated rings. The number of aryl methyl sites for hydroxylation is 1. The van der Waals surface area contributed by atoms with Gasteiger partial charge in [0.15, 0.2) is 0 Å². The summed E-state index contributed by atoms with van der Waals surface area (Å²) in [4.78, 5) is 2.11. The number of aliphatic hydroxyl groups excluding tert-OH is 1. The second kappa shape index (κ2) is 13.4. The van der Waals surface area contributed by atoms with Crippen LogP contribution in [0.25, 0.3) is 11.3 Å². The Balaban J connectivity index is 1.56. The van der Waals surface area contributed by atoms with E-state index in [1.54, 1.807) is 30.2 Å². The molecule has 1 N–H and O–H groups in total. The first-order valence-electron chi connectivity index (χ1n) is 12.1. The fraction of sp³-hybridized carbons (Fsp3) is 0.321. The Kier molecular flexibility index (Phi) is 9.76. The average molecular weight is 526 g/mol. The molecule has 2 aromatic heterocycles. The molecule has 0 spiro atoms. The van der Waals surface area contributed by atoms with E-state index in [0.29, 0.717) is 49.5 Å². The Hall–Kier alpha value is -3.14. The van der Waals surface area contributed by atoms with Gasteiger partial charge in [0.1, 0.15) is 23.8 Å². The van der Waals surface area contributed by atoms with E-state index in [0.717, 1.165) is 22.6 Å². The molecule has 196 valence electrons. The van der Waals surface area contributed by atoms with Crippen molar-refractivity contribution in [3.63, 3.8) is 0 Å². The highest BCUT2D eigenvalue weighted by molar-refractivity contribution is 6.30. The van der Waals surface area contributed by atoms with Crippen LogP contribution in [-0.2, 0) is 29.7 Å². The Morgan fingerprint density at radius 2 is 1.86 bits per heavy atom. The van der Waals surface area contributed by atoms with E-state index in [1.165, 1.54) is 0 Å². The monoisotopic (exact) mass is 525 g/mol. The molecule has 9 heteroatoms. The van der Waals surface area contributed by atoms with E-state index >= 15 is 0 Å². The third-order valence-corrected chi connectivity index (χ3v) is 6.01. The first-order chi connectivity index (χ1) is 18.0. The summed E-state index contributed by atoms with van der Waals surface area (Å²) in [5, 5.41) is 16.2. The van der Waals surface area contributed by atoms with E-state index in [9.17, 15) is 5.11 Å². The summed E-state index contributed by atoms with van der Waals surface area (Å²) < 4.78 is 24.3. The van der Waals surface area contributed by atoms with Crippen LogP contribution in [0.2, 0.25) is 5.02 Å². The number of aliphatic hydroxyl groups is 1. The first-order valence-corrected chi connectivity index (χ1v) is 12.5. The summed E-state index contributed by atoms with van der Waals surface area (Å²) in [5.41, 5.74) is 2.70. The third-order valence-electron chi connectivity index (χ3n) is 5.76. The Morgan fingerprint density at radius 1 is 1.08 bits per heavy atom. The zero-order valence-electron chi connectivity index (χ0n) is 21.0. The van der Waals surface area contributed by atoms with Crippen LogP contribution in [0.4, 0.5) is 0 Å². The minimum Gasteiger partial charge on any atom is -0.467 e. The number of rotatable bonds is 14. The van der Waals surface area contributed by atoms with E-state index in [4.69, 9.17) is 35.3 Å². The van der Waals surface area contributed by atoms with Gasteiger partial charge in [-0.15, -0.1) is 0 Å². The zero-order chi connectivity index (χ0) is 26.0. The minimum atomic E-state index is -0.704. The molecule has 1 unspecified atom stereocenters. The Labute approximate surface area is 221 Å². The van der Waals surface area contributed by atoms with Crippen LogP contribution in [0, 0.1) is 0 Å². The molecule has 2 heterocycles. The number of aromatic nitrogens is 2. The molecule has 37 heavy (non-hydrogen) atoms. The molecule has 0 saturated carbocycles. The van der Waals surface area contributed by atoms with Gasteiger partial charge in [-0.05, 0) is 36.4 Å². The summed E-state index contributed by atoms with van der Waals surface area (Å²) >= 11 is 6.06. The number of halogens is 1. The smallest absolute Gasteiger partial charge is 0.222 e. The molecule has 0 radical (unpaired) electrons. The summed E-state index contributed by atoms with van der Waals surface area (Å²) in [6.45, 7) is 2.47. The second-order valence-corrected chi connectivity index (χ2v) is 9.09. The standard InChI is InChI=1S/C28H32ClN3O5/c1-31-28(37-24-12-10-22(29)11-13-24)26(27(30-31)21-7-4-3-5-8-21)18-32(14-16-34-2)17-23(33)19-35-20-25-9-6-15-36-25/h3-13,15,23,33H,14,16-20H2,1-2H3. The SMILES string of the molecule is COCCN(Cc1c(-c2ccccc2)nn(C)c1Oc1ccc(Cl)cc1)CC(O)COCc1ccco1. The topological polar surface area (TPSA) is 82.1 Å². The van der Waals surface area contributed by atoms with E-state index in [2.05, 4.69) is 4.90 Å². The van der Waals surface area contributed by atoms with Gasteiger partial charge in [0.05, 0.1) is 31.1 Å². The molecular formula is C28H32ClN3O5. The van der Waals surface area contributed by atoms with Gasteiger partial charge in [0.25, 0.3) is 0 Å². The van der Waals surface area contributed by atoms with Crippen molar-refractivity contribution in [1.82, 2.24) is 14.7 Å². The Bertz CT molecular complexity index is 1210. The first kappa shape index (κ1) is 26.9. The van der Waals surface area contributed by atoms with Crippen LogP contribution in [0.3, 0.4) is 0 Å². The van der Waals surface area contributed by atoms with Crippen LogP contribution >= 0.6 is 11.6 Å². The molecular weight excluding hydrogens is 494 g/mol. The van der Waals surface area contributed by atoms with Crippen LogP contribution in [0.5, 0.6) is 11.6 Å². The fourth-order valence-corrected chi connectivity index (χ4v) is 4.11. The summed E-state index contributed by atoms with van der Waals surface area (Å²) in [7, 11) is 3.52. The fourth-order valence-electron chi connectivity index (χ4n) is 3.98. The summed E-state index contributed by atoms with van der Waals surface area (Å²) in [5.74, 6) is 1.99. The summed E-state index contributed by atoms with van der Waals surface area (Å²) in [6, 6.07) is 20.9. The highest BCUT2D eigenvalue weighted by atomic mass is 35.5. The maximum Gasteiger partial charge on any atom is 0.222 e. The molecule has 4 aromatic rings. The molecule has 0 bridgehead atoms. The zero-order valence-corrected chi connectivity index (χ0v) is 21.8. The lowest BCUT2D eigenvalue weighted by Gasteiger charge is -2.25. The lowest BCUT2D eigenvalue weighted by Crippen LogP contribution is -2.36. The number of benzene rings is 2. The number of methoxy groups -OCH3 is 1. The van der Waals surface area contributed by atoms with Gasteiger partial charge in [-0.25, -0.2) is 4.68 Å². The van der Waals surface area contributed by atoms with Gasteiger partial charge in [-0.1, -0.05) is 41.9 Å². The highest BCUT2D eigenvalue weighted by Crippen LogP contribution is 2.34. The normalized spacial score (nSPS) is 12.2. The number of nitrogens with zero attached hydrogens (tertiary/aromatic N) is 3. The quantitative estimate of drug-likeness (QED) is 0.244. The van der Waals surface area contributed by atoms with Gasteiger partial charge >= 0.3 is 0 Å². The highest BCUT2D eigenvalue weighted by Gasteiger charge is 2.23. The number of hydrogen-bond acceptors (Lipinski definition) is 7. The second-order valence-electron chi connectivity index (χ2n) is 8.65. The molecule has 0 saturated heterocycles. The summed E-state index contributed by atoms with van der Waals surface area (Å²) in [6.07, 6.45) is 0.896. The molecule has 1 atom stereocenters. The van der Waals surface area contributed by atoms with Gasteiger partial charge in [-0.3, -0.25) is 4.90 Å². The number of ether oxygens (including phenoxy) is 3. The van der Waals surface area contributed by atoms with E-state index < -0.39 is 6.10 Å². The average Bonchev–Trinajstić information content (AvgIpc) is 3.53. The Morgan fingerprint density at radius 3 is 2.57 bits per heavy atom. The van der Waals surface area contributed by atoms with Crippen molar-refractivity contribution < 1.29 is 23.7 Å². The van der Waals surface area contributed by atoms with E-state index in [-0.39, 0.29) is 6.61 Å². The molecule has 8 nitrogen and oxygen atoms in total. The van der Waals surface area contributed by atoms with Crippen molar-refractivity contribution in [2.45, 2.75) is 19.3 Å². The van der Waals surface area contributed by atoms with Crippen molar-refractivity contribution in [3.8, 4) is 22.9 Å². The van der Waals surface area contributed by atoms with Gasteiger partial charge in [0.2, 0.25) is 5.88 Å². The minimum absolute atomic E-state index is 0.177. The van der Waals surface area contributed by atoms with Crippen LogP contribution in [-0.4, -0.2) is 59.3 Å². The maximum absolute atomic E-state index is 10.7. The predicted molar refractivity (Wildman–Crippen MR) is 142 cm³/mol. The molecule has 0 aliphatic heterocycles. The molecule has 4 rings (SSSR count). The number of hydrogen-bond donors (Lipinski definition) is 1. The van der Waals surface area contributed by atoms with Crippen molar-refractivity contribution in [1.29, 1.82) is 0 Å². The predicted octanol–water partition coefficient (Wildman–Crippen LogP) is 5.15. The van der Waals surface area contributed by atoms with Gasteiger partial charge in [0, 0.05) is 44.4 Å². The van der Waals surface area contributed by atoms with E-state index in [1.807, 2.05) is 61.6 Å². The van der Waals surface area contributed by atoms with Crippen molar-refractivity contribution in [2.75, 3.05) is 33.4 Å². The van der Waals surface area contributed by atoms with Gasteiger partial charge in [-0.2, -0.15) is 5.10 Å². The van der Waals surface area contributed by atoms with Crippen molar-refractivity contribution >= 4 is 11.6 Å². The maximum atomic E-state index is 10.7. The third kappa shape index (κ3) is 7.67. The molecule has 0 aliphatic rings. The van der Waals surface area contributed by atoms with Crippen LogP contribution in [0.1, 0.15) is 11.3 Å². The van der Waals surface area contributed by atoms with Gasteiger partial charge < -0.3 is 23.7 Å². The molecule has 0 amide bonds. The lowest BCUT2D eigenvalue weighted by atomic mass is 10.1. The van der Waals surface area contributed by atoms with Crippen molar-refractivity contribution in [3.05, 3.63) is 89.3 Å². The van der Waals surface area contributed by atoms with Crippen molar-refractivity contribution in [2.24, 2.45) is 7.05 Å². The largest absolute Gasteiger partial charge is 0.467 e. The van der Waals surface area contributed by atoms with Crippen LogP contribution < -0.4 is 4.74 Å².